The average molecular weight is 515 g/mol. The van der Waals surface area contributed by atoms with Gasteiger partial charge in [0.05, 0.1) is 33.8 Å². The molecule has 3 heterocycles. The molecule has 0 aromatic carbocycles. The van der Waals surface area contributed by atoms with Crippen molar-refractivity contribution in [1.82, 2.24) is 19.9 Å². The Labute approximate surface area is 216 Å². The van der Waals surface area contributed by atoms with Crippen LogP contribution in [0.2, 0.25) is 0 Å². The maximum absolute atomic E-state index is 6.68. The summed E-state index contributed by atoms with van der Waals surface area (Å²) in [6.45, 7) is 8.29. The van der Waals surface area contributed by atoms with Gasteiger partial charge in [0.1, 0.15) is 16.3 Å². The number of hydrogen-bond donors (Lipinski definition) is 2. The molecule has 0 saturated heterocycles. The first-order valence-electron chi connectivity index (χ1n) is 12.6. The molecule has 2 aliphatic rings. The molecule has 0 radical (unpaired) electrons. The Hall–Kier alpha value is -2.03. The van der Waals surface area contributed by atoms with E-state index in [-0.39, 0.29) is 17.0 Å². The number of methoxy groups -OCH3 is 1. The molecule has 188 valence electrons. The van der Waals surface area contributed by atoms with Crippen LogP contribution in [0.3, 0.4) is 0 Å². The second kappa shape index (κ2) is 9.79. The van der Waals surface area contributed by atoms with E-state index in [0.717, 1.165) is 76.5 Å². The zero-order valence-electron chi connectivity index (χ0n) is 21.2. The smallest absolute Gasteiger partial charge is 0.225 e. The minimum atomic E-state index is -0.206. The molecular formula is C26H35ClN6OS. The van der Waals surface area contributed by atoms with E-state index in [9.17, 15) is 0 Å². The number of alkyl halides is 1. The maximum Gasteiger partial charge on any atom is 0.225 e. The molecule has 0 bridgehead atoms. The molecule has 2 N–H and O–H groups in total. The van der Waals surface area contributed by atoms with Crippen molar-refractivity contribution in [3.8, 4) is 10.6 Å². The minimum absolute atomic E-state index is 0.191. The van der Waals surface area contributed by atoms with Crippen LogP contribution in [0.25, 0.3) is 20.8 Å². The predicted octanol–water partition coefficient (Wildman–Crippen LogP) is 6.34. The van der Waals surface area contributed by atoms with Crippen LogP contribution in [-0.4, -0.2) is 50.1 Å². The van der Waals surface area contributed by atoms with E-state index >= 15 is 0 Å². The largest absolute Gasteiger partial charge is 0.379 e. The summed E-state index contributed by atoms with van der Waals surface area (Å²) in [5, 5.41) is 8.25. The van der Waals surface area contributed by atoms with Crippen molar-refractivity contribution in [2.24, 2.45) is 5.92 Å². The first-order chi connectivity index (χ1) is 16.7. The molecule has 7 nitrogen and oxygen atoms in total. The van der Waals surface area contributed by atoms with Crippen LogP contribution in [0.5, 0.6) is 0 Å². The summed E-state index contributed by atoms with van der Waals surface area (Å²) in [4.78, 5) is 19.1. The van der Waals surface area contributed by atoms with E-state index in [1.165, 1.54) is 0 Å². The van der Waals surface area contributed by atoms with Gasteiger partial charge in [0, 0.05) is 24.2 Å². The zero-order valence-corrected chi connectivity index (χ0v) is 22.8. The zero-order chi connectivity index (χ0) is 24.7. The number of hydrogen-bond acceptors (Lipinski definition) is 8. The van der Waals surface area contributed by atoms with Gasteiger partial charge in [-0.1, -0.05) is 0 Å². The number of pyridine rings is 1. The molecule has 2 fully saturated rings. The van der Waals surface area contributed by atoms with E-state index < -0.39 is 0 Å². The van der Waals surface area contributed by atoms with Crippen LogP contribution >= 0.6 is 22.9 Å². The molecular weight excluding hydrogens is 480 g/mol. The lowest BCUT2D eigenvalue weighted by Crippen LogP contribution is -2.31. The number of nitrogens with zero attached hydrogens (tertiary/aromatic N) is 4. The third-order valence-corrected chi connectivity index (χ3v) is 8.95. The Morgan fingerprint density at radius 3 is 2.60 bits per heavy atom. The summed E-state index contributed by atoms with van der Waals surface area (Å²) >= 11 is 8.34. The molecule has 4 atom stereocenters. The summed E-state index contributed by atoms with van der Waals surface area (Å²) in [5.41, 5.74) is 3.76. The number of halogens is 1. The van der Waals surface area contributed by atoms with Crippen molar-refractivity contribution in [3.05, 3.63) is 23.7 Å². The van der Waals surface area contributed by atoms with Gasteiger partial charge in [0.2, 0.25) is 5.95 Å². The highest BCUT2D eigenvalue weighted by Gasteiger charge is 2.35. The summed E-state index contributed by atoms with van der Waals surface area (Å²) in [5.74, 6) is 1.96. The van der Waals surface area contributed by atoms with E-state index in [4.69, 9.17) is 31.3 Å². The molecule has 3 aromatic rings. The number of aryl methyl sites for hydroxylation is 2. The molecule has 0 aliphatic heterocycles. The highest BCUT2D eigenvalue weighted by atomic mass is 35.5. The number of rotatable bonds is 7. The first kappa shape index (κ1) is 24.7. The van der Waals surface area contributed by atoms with Gasteiger partial charge in [-0.3, -0.25) is 4.98 Å². The fourth-order valence-electron chi connectivity index (χ4n) is 5.56. The van der Waals surface area contributed by atoms with Crippen LogP contribution in [0.4, 0.5) is 11.8 Å². The van der Waals surface area contributed by atoms with Gasteiger partial charge in [-0.15, -0.1) is 22.9 Å². The van der Waals surface area contributed by atoms with Crippen molar-refractivity contribution >= 4 is 44.9 Å². The molecule has 0 amide bonds. The molecule has 2 aliphatic carbocycles. The second-order valence-corrected chi connectivity index (χ2v) is 12.5. The van der Waals surface area contributed by atoms with Crippen LogP contribution in [0.1, 0.15) is 63.8 Å². The number of nitrogens with one attached hydrogen (secondary N) is 2. The van der Waals surface area contributed by atoms with Crippen LogP contribution in [0, 0.1) is 19.8 Å². The lowest BCUT2D eigenvalue weighted by atomic mass is 9.93. The summed E-state index contributed by atoms with van der Waals surface area (Å²) < 4.78 is 6.81. The highest BCUT2D eigenvalue weighted by molar-refractivity contribution is 7.21. The molecule has 3 aromatic heterocycles. The number of thiazole rings is 1. The monoisotopic (exact) mass is 514 g/mol. The molecule has 0 spiro atoms. The number of anilines is 2. The van der Waals surface area contributed by atoms with E-state index in [1.54, 1.807) is 18.4 Å². The van der Waals surface area contributed by atoms with E-state index in [0.29, 0.717) is 17.9 Å². The van der Waals surface area contributed by atoms with Crippen molar-refractivity contribution < 1.29 is 4.74 Å². The van der Waals surface area contributed by atoms with Crippen molar-refractivity contribution in [3.63, 3.8) is 0 Å². The van der Waals surface area contributed by atoms with Crippen molar-refractivity contribution in [2.45, 2.75) is 89.3 Å². The predicted molar refractivity (Wildman–Crippen MR) is 145 cm³/mol. The lowest BCUT2D eigenvalue weighted by molar-refractivity contribution is 0.101. The van der Waals surface area contributed by atoms with Crippen LogP contribution in [-0.2, 0) is 4.74 Å². The number of ether oxygens (including phenoxy) is 1. The fraction of sp³-hybridized carbons (Fsp3) is 0.615. The van der Waals surface area contributed by atoms with Crippen LogP contribution in [0.15, 0.2) is 12.3 Å². The minimum Gasteiger partial charge on any atom is -0.379 e. The van der Waals surface area contributed by atoms with Gasteiger partial charge < -0.3 is 15.4 Å². The molecule has 5 rings (SSSR count). The summed E-state index contributed by atoms with van der Waals surface area (Å²) in [7, 11) is 1.78. The average Bonchev–Trinajstić information content (AvgIpc) is 3.53. The van der Waals surface area contributed by atoms with Gasteiger partial charge in [0.15, 0.2) is 0 Å². The van der Waals surface area contributed by atoms with Gasteiger partial charge >= 0.3 is 0 Å². The third kappa shape index (κ3) is 5.11. The Morgan fingerprint density at radius 2 is 1.89 bits per heavy atom. The van der Waals surface area contributed by atoms with Crippen LogP contribution < -0.4 is 10.6 Å². The summed E-state index contributed by atoms with van der Waals surface area (Å²) in [6.07, 6.45) is 8.52. The topological polar surface area (TPSA) is 84.8 Å². The molecule has 2 saturated carbocycles. The van der Waals surface area contributed by atoms with Gasteiger partial charge in [-0.05, 0) is 78.2 Å². The Bertz CT molecular complexity index is 1210. The quantitative estimate of drug-likeness (QED) is 0.355. The number of aromatic nitrogens is 4. The molecule has 9 heteroatoms. The second-order valence-electron chi connectivity index (χ2n) is 10.5. The van der Waals surface area contributed by atoms with Crippen molar-refractivity contribution in [1.29, 1.82) is 0 Å². The third-order valence-electron chi connectivity index (χ3n) is 7.61. The van der Waals surface area contributed by atoms with Crippen molar-refractivity contribution in [2.75, 3.05) is 17.7 Å². The Morgan fingerprint density at radius 1 is 1.06 bits per heavy atom. The Kier molecular flexibility index (Phi) is 6.90. The normalized spacial score (nSPS) is 24.9. The lowest BCUT2D eigenvalue weighted by Gasteiger charge is -2.25. The SMILES string of the molecule is COC1CCCC1Nc1nc(C)c(-c2nc3c(C)nccc3s2)c(NC2CCC(C(C)(C)Cl)C2)n1. The molecule has 35 heavy (non-hydrogen) atoms. The van der Waals surface area contributed by atoms with Gasteiger partial charge in [-0.25, -0.2) is 9.97 Å². The molecule has 4 unspecified atom stereocenters. The highest BCUT2D eigenvalue weighted by Crippen LogP contribution is 2.41. The Balaban J connectivity index is 1.51. The van der Waals surface area contributed by atoms with Gasteiger partial charge in [0.25, 0.3) is 0 Å². The van der Waals surface area contributed by atoms with Gasteiger partial charge in [-0.2, -0.15) is 4.98 Å². The standard InChI is InChI=1S/C26H35ClN6OS/c1-14-21(24-32-22-15(2)28-12-11-20(22)35-24)23(30-17-10-9-16(13-17)26(3,4)27)33-25(29-14)31-18-7-6-8-19(18)34-5/h11-12,16-19H,6-10,13H2,1-5H3,(H2,29,30,31,33). The number of fused-ring (bicyclic) bond motifs is 1. The fourth-order valence-corrected chi connectivity index (χ4v) is 6.86. The maximum atomic E-state index is 6.68. The van der Waals surface area contributed by atoms with E-state index in [2.05, 4.69) is 29.5 Å². The summed E-state index contributed by atoms with van der Waals surface area (Å²) in [6, 6.07) is 2.56. The first-order valence-corrected chi connectivity index (χ1v) is 13.8. The van der Waals surface area contributed by atoms with E-state index in [1.807, 2.05) is 26.1 Å².